The van der Waals surface area contributed by atoms with Gasteiger partial charge in [0.25, 0.3) is 0 Å². The third-order valence-corrected chi connectivity index (χ3v) is 7.74. The molecule has 10 nitrogen and oxygen atoms in total. The standard InChI is InChI=1S/C29H22ClF3N6O4/c30-17-8-4-7-15(9-17)23-24(36-37-35-23)28-26(40)25(27-21(42-28)13-41-29(43-27)14-5-2-1-3-6-14)39-12-20(34-38-39)16-10-18(31)22(33)19(32)11-16/h1-12,21,25-29,40H,13H2,(H,35,36,37)/t21-,25-,26-,27+,28+,29?/m1/s1. The summed E-state index contributed by atoms with van der Waals surface area (Å²) < 4.78 is 61.7. The molecule has 0 radical (unpaired) electrons. The van der Waals surface area contributed by atoms with Crippen molar-refractivity contribution in [3.63, 3.8) is 0 Å². The Balaban J connectivity index is 1.28. The molecule has 0 amide bonds. The number of nitrogens with zero attached hydrogens (tertiary/aromatic N) is 5. The maximum Gasteiger partial charge on any atom is 0.194 e. The van der Waals surface area contributed by atoms with E-state index in [1.54, 1.807) is 18.2 Å². The monoisotopic (exact) mass is 610 g/mol. The van der Waals surface area contributed by atoms with Crippen molar-refractivity contribution in [1.82, 2.24) is 30.4 Å². The molecule has 2 aromatic heterocycles. The molecule has 0 bridgehead atoms. The molecule has 0 saturated carbocycles. The molecule has 2 aliphatic heterocycles. The fourth-order valence-electron chi connectivity index (χ4n) is 5.47. The highest BCUT2D eigenvalue weighted by Gasteiger charge is 2.52. The van der Waals surface area contributed by atoms with Crippen LogP contribution in [0, 0.1) is 17.5 Å². The van der Waals surface area contributed by atoms with Crippen molar-refractivity contribution in [3.05, 3.63) is 107 Å². The molecule has 3 aromatic carbocycles. The number of halogens is 4. The lowest BCUT2D eigenvalue weighted by Gasteiger charge is -2.47. The van der Waals surface area contributed by atoms with Gasteiger partial charge in [0.1, 0.15) is 41.8 Å². The van der Waals surface area contributed by atoms with Gasteiger partial charge in [-0.05, 0) is 24.3 Å². The highest BCUT2D eigenvalue weighted by atomic mass is 35.5. The van der Waals surface area contributed by atoms with Gasteiger partial charge < -0.3 is 19.3 Å². The second kappa shape index (κ2) is 11.2. The van der Waals surface area contributed by atoms with Crippen molar-refractivity contribution in [3.8, 4) is 22.5 Å². The van der Waals surface area contributed by atoms with Crippen LogP contribution < -0.4 is 0 Å². The van der Waals surface area contributed by atoms with Crippen molar-refractivity contribution < 1.29 is 32.5 Å². The van der Waals surface area contributed by atoms with Crippen molar-refractivity contribution >= 4 is 11.6 Å². The summed E-state index contributed by atoms with van der Waals surface area (Å²) in [6, 6.07) is 17.0. The van der Waals surface area contributed by atoms with E-state index >= 15 is 0 Å². The van der Waals surface area contributed by atoms with Gasteiger partial charge in [-0.2, -0.15) is 0 Å². The molecule has 2 aliphatic rings. The van der Waals surface area contributed by atoms with E-state index < -0.39 is 54.2 Å². The van der Waals surface area contributed by atoms with Gasteiger partial charge in [0, 0.05) is 21.7 Å². The number of aliphatic hydroxyl groups excluding tert-OH is 1. The molecule has 2 N–H and O–H groups in total. The van der Waals surface area contributed by atoms with Gasteiger partial charge in [0.2, 0.25) is 0 Å². The Hall–Kier alpha value is -4.14. The molecule has 0 spiro atoms. The number of hydrogen-bond donors (Lipinski definition) is 2. The predicted molar refractivity (Wildman–Crippen MR) is 145 cm³/mol. The highest BCUT2D eigenvalue weighted by Crippen LogP contribution is 2.45. The Kier molecular flexibility index (Phi) is 7.19. The minimum Gasteiger partial charge on any atom is -0.388 e. The number of rotatable bonds is 5. The normalized spacial score (nSPS) is 25.4. The van der Waals surface area contributed by atoms with Crippen molar-refractivity contribution in [1.29, 1.82) is 0 Å². The molecule has 2 saturated heterocycles. The third kappa shape index (κ3) is 5.08. The first-order chi connectivity index (χ1) is 20.9. The summed E-state index contributed by atoms with van der Waals surface area (Å²) >= 11 is 6.21. The second-order valence-electron chi connectivity index (χ2n) is 10.2. The van der Waals surface area contributed by atoms with Gasteiger partial charge in [-0.1, -0.05) is 64.5 Å². The van der Waals surface area contributed by atoms with E-state index in [1.807, 2.05) is 36.4 Å². The molecule has 2 fully saturated rings. The SMILES string of the molecule is O[C@@H]1[C@@H](n2cc(-c3cc(F)c(F)c(F)c3)nn2)[C@H]2OC(c3ccccc3)OC[C@H]2O[C@H]1c1nn[nH]c1-c1cccc(Cl)c1. The van der Waals surface area contributed by atoms with Crippen molar-refractivity contribution in [2.75, 3.05) is 6.61 Å². The van der Waals surface area contributed by atoms with E-state index in [4.69, 9.17) is 25.8 Å². The van der Waals surface area contributed by atoms with Crippen LogP contribution in [-0.4, -0.2) is 60.4 Å². The smallest absolute Gasteiger partial charge is 0.194 e. The zero-order chi connectivity index (χ0) is 29.7. The number of aromatic amines is 1. The number of ether oxygens (including phenoxy) is 3. The summed E-state index contributed by atoms with van der Waals surface area (Å²) in [6.07, 6.45) is -3.23. The molecule has 1 unspecified atom stereocenters. The van der Waals surface area contributed by atoms with Crippen LogP contribution in [0.1, 0.15) is 29.7 Å². The van der Waals surface area contributed by atoms with Crippen molar-refractivity contribution in [2.45, 2.75) is 36.7 Å². The molecule has 14 heteroatoms. The Labute approximate surface area is 247 Å². The molecule has 5 aromatic rings. The van der Waals surface area contributed by atoms with E-state index in [1.165, 1.54) is 10.9 Å². The maximum absolute atomic E-state index is 14.0. The molecule has 220 valence electrons. The zero-order valence-corrected chi connectivity index (χ0v) is 22.8. The van der Waals surface area contributed by atoms with Crippen LogP contribution in [0.15, 0.2) is 72.9 Å². The maximum atomic E-state index is 14.0. The van der Waals surface area contributed by atoms with Crippen LogP contribution in [0.2, 0.25) is 5.02 Å². The largest absolute Gasteiger partial charge is 0.388 e. The lowest BCUT2D eigenvalue weighted by Crippen LogP contribution is -2.56. The summed E-state index contributed by atoms with van der Waals surface area (Å²) in [5.41, 5.74) is 2.24. The first-order valence-electron chi connectivity index (χ1n) is 13.3. The summed E-state index contributed by atoms with van der Waals surface area (Å²) in [6.45, 7) is 0.101. The Morgan fingerprint density at radius 1 is 0.930 bits per heavy atom. The number of fused-ring (bicyclic) bond motifs is 1. The number of H-pyrrole nitrogens is 1. The van der Waals surface area contributed by atoms with E-state index in [9.17, 15) is 18.3 Å². The van der Waals surface area contributed by atoms with Crippen LogP contribution in [-0.2, 0) is 14.2 Å². The Bertz CT molecular complexity index is 1750. The molecule has 43 heavy (non-hydrogen) atoms. The van der Waals surface area contributed by atoms with Gasteiger partial charge in [-0.15, -0.1) is 10.2 Å². The van der Waals surface area contributed by atoms with Crippen molar-refractivity contribution in [2.24, 2.45) is 0 Å². The molecule has 4 heterocycles. The van der Waals surface area contributed by atoms with E-state index in [2.05, 4.69) is 25.7 Å². The van der Waals surface area contributed by atoms with Gasteiger partial charge in [-0.25, -0.2) is 17.9 Å². The quantitative estimate of drug-likeness (QED) is 0.268. The van der Waals surface area contributed by atoms with Crippen LogP contribution in [0.25, 0.3) is 22.5 Å². The summed E-state index contributed by atoms with van der Waals surface area (Å²) in [5, 5.41) is 31.6. The lowest BCUT2D eigenvalue weighted by molar-refractivity contribution is -0.318. The number of benzene rings is 3. The summed E-state index contributed by atoms with van der Waals surface area (Å²) in [5.74, 6) is -4.32. The zero-order valence-electron chi connectivity index (χ0n) is 22.0. The van der Waals surface area contributed by atoms with Gasteiger partial charge >= 0.3 is 0 Å². The first-order valence-corrected chi connectivity index (χ1v) is 13.6. The summed E-state index contributed by atoms with van der Waals surface area (Å²) in [4.78, 5) is 0. The first kappa shape index (κ1) is 27.7. The Morgan fingerprint density at radius 3 is 2.49 bits per heavy atom. The van der Waals surface area contributed by atoms with Gasteiger partial charge in [0.15, 0.2) is 23.7 Å². The number of aliphatic hydroxyl groups is 1. The molecule has 6 atom stereocenters. The van der Waals surface area contributed by atoms with Crippen LogP contribution in [0.4, 0.5) is 13.2 Å². The van der Waals surface area contributed by atoms with Gasteiger partial charge in [0.05, 0.1) is 18.5 Å². The number of nitrogens with one attached hydrogen (secondary N) is 1. The average Bonchev–Trinajstić information content (AvgIpc) is 3.70. The third-order valence-electron chi connectivity index (χ3n) is 7.50. The van der Waals surface area contributed by atoms with Crippen LogP contribution in [0.3, 0.4) is 0 Å². The predicted octanol–water partition coefficient (Wildman–Crippen LogP) is 4.96. The molecular weight excluding hydrogens is 589 g/mol. The topological polar surface area (TPSA) is 120 Å². The van der Waals surface area contributed by atoms with E-state index in [-0.39, 0.29) is 17.9 Å². The fourth-order valence-corrected chi connectivity index (χ4v) is 5.66. The van der Waals surface area contributed by atoms with Gasteiger partial charge in [-0.3, -0.25) is 5.10 Å². The Morgan fingerprint density at radius 2 is 1.72 bits per heavy atom. The fraction of sp³-hybridized carbons (Fsp3) is 0.241. The minimum absolute atomic E-state index is 0.0351. The summed E-state index contributed by atoms with van der Waals surface area (Å²) in [7, 11) is 0. The second-order valence-corrected chi connectivity index (χ2v) is 10.6. The van der Waals surface area contributed by atoms with Crippen LogP contribution >= 0.6 is 11.6 Å². The highest BCUT2D eigenvalue weighted by molar-refractivity contribution is 6.30. The molecule has 7 rings (SSSR count). The van der Waals surface area contributed by atoms with E-state index in [0.717, 1.165) is 17.7 Å². The minimum atomic E-state index is -1.59. The molecular formula is C29H22ClF3N6O4. The number of hydrogen-bond acceptors (Lipinski definition) is 8. The van der Waals surface area contributed by atoms with Crippen LogP contribution in [0.5, 0.6) is 0 Å². The number of aromatic nitrogens is 6. The lowest BCUT2D eigenvalue weighted by atomic mass is 9.89. The average molecular weight is 611 g/mol. The molecule has 0 aliphatic carbocycles. The van der Waals surface area contributed by atoms with E-state index in [0.29, 0.717) is 22.0 Å².